The van der Waals surface area contributed by atoms with Crippen LogP contribution >= 0.6 is 0 Å². The Morgan fingerprint density at radius 2 is 2.07 bits per heavy atom. The summed E-state index contributed by atoms with van der Waals surface area (Å²) in [5.74, 6) is 0.311. The van der Waals surface area contributed by atoms with Crippen LogP contribution in [0.1, 0.15) is 0 Å². The van der Waals surface area contributed by atoms with E-state index in [-0.39, 0.29) is 5.06 Å². The third kappa shape index (κ3) is 1.04. The molecule has 5 nitrogen and oxygen atoms in total. The summed E-state index contributed by atoms with van der Waals surface area (Å²) in [6.07, 6.45) is 1.29. The van der Waals surface area contributed by atoms with Crippen molar-refractivity contribution in [2.45, 2.75) is 0 Å². The minimum absolute atomic E-state index is 0.102. The van der Waals surface area contributed by atoms with Crippen molar-refractivity contribution in [2.75, 3.05) is 5.73 Å². The van der Waals surface area contributed by atoms with Crippen LogP contribution in [-0.4, -0.2) is 11.3 Å². The summed E-state index contributed by atoms with van der Waals surface area (Å²) in [5.41, 5.74) is 7.52. The van der Waals surface area contributed by atoms with Gasteiger partial charge >= 0.3 is 0 Å². The Bertz CT molecular complexity index is 579. The van der Waals surface area contributed by atoms with Crippen LogP contribution in [0.25, 0.3) is 10.9 Å². The molecule has 1 atom stereocenters. The number of benzene rings is 1. The van der Waals surface area contributed by atoms with Crippen LogP contribution in [0.3, 0.4) is 0 Å². The highest BCUT2D eigenvalue weighted by Gasteiger charge is 2.22. The standard InChI is InChI=1S/C10H8N4O/c11-10-8-9(14(15)5-12-8)6-3-1-2-4-7(6)13-10/h1-5,14H,(H2,11,13). The third-order valence-corrected chi connectivity index (χ3v) is 2.45. The Morgan fingerprint density at radius 1 is 1.27 bits per heavy atom. The molecular formula is C10H8N4O. The second-order valence-electron chi connectivity index (χ2n) is 3.36. The Balaban J connectivity index is 2.48. The topological polar surface area (TPSA) is 78.8 Å². The molecule has 0 amide bonds. The van der Waals surface area contributed by atoms with Crippen LogP contribution in [0.15, 0.2) is 29.3 Å². The number of aliphatic imine (C=N–C) groups is 1. The molecule has 1 aliphatic heterocycles. The van der Waals surface area contributed by atoms with Crippen molar-refractivity contribution in [3.8, 4) is 0 Å². The molecule has 0 saturated heterocycles. The average molecular weight is 200 g/mol. The molecule has 0 saturated carbocycles. The van der Waals surface area contributed by atoms with Gasteiger partial charge in [0.2, 0.25) is 0 Å². The number of hydrogen-bond donors (Lipinski definition) is 2. The minimum atomic E-state index is -0.102. The summed E-state index contributed by atoms with van der Waals surface area (Å²) in [5, 5.41) is 12.3. The zero-order valence-electron chi connectivity index (χ0n) is 7.77. The number of fused-ring (bicyclic) bond motifs is 3. The van der Waals surface area contributed by atoms with Gasteiger partial charge in [-0.25, -0.2) is 4.98 Å². The molecule has 5 heteroatoms. The number of aromatic nitrogens is 1. The van der Waals surface area contributed by atoms with Gasteiger partial charge in [-0.3, -0.25) is 5.06 Å². The maximum Gasteiger partial charge on any atom is 0.194 e. The Hall–Kier alpha value is -1.98. The molecule has 0 bridgehead atoms. The van der Waals surface area contributed by atoms with Crippen molar-refractivity contribution in [3.05, 3.63) is 29.5 Å². The number of quaternary nitrogens is 1. The first-order valence-corrected chi connectivity index (χ1v) is 4.54. The Labute approximate surface area is 85.4 Å². The fourth-order valence-corrected chi connectivity index (χ4v) is 1.79. The van der Waals surface area contributed by atoms with Gasteiger partial charge in [-0.2, -0.15) is 4.99 Å². The van der Waals surface area contributed by atoms with Crippen LogP contribution in [0.4, 0.5) is 17.2 Å². The van der Waals surface area contributed by atoms with Gasteiger partial charge in [-0.05, 0) is 12.1 Å². The van der Waals surface area contributed by atoms with Crippen LogP contribution in [0.5, 0.6) is 0 Å². The predicted octanol–water partition coefficient (Wildman–Crippen LogP) is 0.505. The molecule has 0 aliphatic carbocycles. The number of nitrogens with one attached hydrogen (secondary N) is 1. The van der Waals surface area contributed by atoms with Crippen molar-refractivity contribution in [1.82, 2.24) is 4.98 Å². The third-order valence-electron chi connectivity index (χ3n) is 2.45. The highest BCUT2D eigenvalue weighted by molar-refractivity contribution is 5.99. The maximum absolute atomic E-state index is 11.6. The van der Waals surface area contributed by atoms with Gasteiger partial charge in [0.1, 0.15) is 0 Å². The van der Waals surface area contributed by atoms with Crippen LogP contribution in [0, 0.1) is 5.21 Å². The fraction of sp³-hybridized carbons (Fsp3) is 0. The van der Waals surface area contributed by atoms with Gasteiger partial charge in [-0.15, -0.1) is 0 Å². The van der Waals surface area contributed by atoms with Crippen LogP contribution in [0.2, 0.25) is 0 Å². The molecule has 0 spiro atoms. The zero-order chi connectivity index (χ0) is 10.4. The van der Waals surface area contributed by atoms with E-state index in [1.165, 1.54) is 6.34 Å². The second kappa shape index (κ2) is 2.75. The number of hydroxylamine groups is 1. The molecule has 3 rings (SSSR count). The molecule has 1 aromatic carbocycles. The smallest absolute Gasteiger partial charge is 0.194 e. The van der Waals surface area contributed by atoms with E-state index < -0.39 is 0 Å². The van der Waals surface area contributed by atoms with E-state index in [0.717, 1.165) is 10.9 Å². The lowest BCUT2D eigenvalue weighted by molar-refractivity contribution is -0.653. The molecule has 74 valence electrons. The molecule has 2 aromatic rings. The lowest BCUT2D eigenvalue weighted by atomic mass is 10.1. The van der Waals surface area contributed by atoms with E-state index >= 15 is 0 Å². The summed E-state index contributed by atoms with van der Waals surface area (Å²) in [7, 11) is 0. The lowest BCUT2D eigenvalue weighted by Crippen LogP contribution is -2.99. The van der Waals surface area contributed by atoms with E-state index in [1.807, 2.05) is 24.3 Å². The van der Waals surface area contributed by atoms with Crippen molar-refractivity contribution in [1.29, 1.82) is 0 Å². The van der Waals surface area contributed by atoms with E-state index in [2.05, 4.69) is 9.98 Å². The van der Waals surface area contributed by atoms with Crippen molar-refractivity contribution < 1.29 is 5.06 Å². The molecule has 1 aliphatic rings. The first kappa shape index (κ1) is 8.34. The van der Waals surface area contributed by atoms with Gasteiger partial charge in [0.05, 0.1) is 10.9 Å². The van der Waals surface area contributed by atoms with Gasteiger partial charge in [0.15, 0.2) is 23.5 Å². The fourth-order valence-electron chi connectivity index (χ4n) is 1.79. The largest absolute Gasteiger partial charge is 0.623 e. The lowest BCUT2D eigenvalue weighted by Gasteiger charge is -2.13. The summed E-state index contributed by atoms with van der Waals surface area (Å²) in [4.78, 5) is 8.16. The summed E-state index contributed by atoms with van der Waals surface area (Å²) in [6.45, 7) is 0. The normalized spacial score (nSPS) is 18.3. The predicted molar refractivity (Wildman–Crippen MR) is 58.3 cm³/mol. The summed E-state index contributed by atoms with van der Waals surface area (Å²) >= 11 is 0. The number of hydrogen-bond acceptors (Lipinski definition) is 4. The molecule has 2 heterocycles. The Morgan fingerprint density at radius 3 is 2.93 bits per heavy atom. The molecule has 15 heavy (non-hydrogen) atoms. The quantitative estimate of drug-likeness (QED) is 0.608. The highest BCUT2D eigenvalue weighted by Crippen LogP contribution is 2.35. The molecule has 0 radical (unpaired) electrons. The average Bonchev–Trinajstić information content (AvgIpc) is 2.62. The summed E-state index contributed by atoms with van der Waals surface area (Å²) in [6, 6.07) is 7.41. The molecule has 0 fully saturated rings. The minimum Gasteiger partial charge on any atom is -0.623 e. The van der Waals surface area contributed by atoms with E-state index in [1.54, 1.807) is 0 Å². The number of pyridine rings is 1. The first-order valence-electron chi connectivity index (χ1n) is 4.54. The highest BCUT2D eigenvalue weighted by atomic mass is 16.5. The number of nitrogens with zero attached hydrogens (tertiary/aromatic N) is 2. The van der Waals surface area contributed by atoms with Gasteiger partial charge in [0.25, 0.3) is 0 Å². The van der Waals surface area contributed by atoms with Gasteiger partial charge < -0.3 is 10.9 Å². The van der Waals surface area contributed by atoms with E-state index in [4.69, 9.17) is 5.73 Å². The van der Waals surface area contributed by atoms with Crippen molar-refractivity contribution in [3.63, 3.8) is 0 Å². The van der Waals surface area contributed by atoms with Crippen LogP contribution < -0.4 is 10.8 Å². The number of rotatable bonds is 0. The maximum atomic E-state index is 11.6. The Kier molecular flexibility index (Phi) is 1.53. The summed E-state index contributed by atoms with van der Waals surface area (Å²) < 4.78 is 0. The van der Waals surface area contributed by atoms with Gasteiger partial charge in [0, 0.05) is 0 Å². The first-order chi connectivity index (χ1) is 7.27. The number of anilines is 1. The van der Waals surface area contributed by atoms with E-state index in [9.17, 15) is 5.21 Å². The number of para-hydroxylation sites is 1. The second-order valence-corrected chi connectivity index (χ2v) is 3.36. The van der Waals surface area contributed by atoms with E-state index in [0.29, 0.717) is 17.2 Å². The van der Waals surface area contributed by atoms with Crippen LogP contribution in [-0.2, 0) is 0 Å². The zero-order valence-corrected chi connectivity index (χ0v) is 7.77. The van der Waals surface area contributed by atoms with Crippen molar-refractivity contribution in [2.24, 2.45) is 4.99 Å². The number of nitrogens with two attached hydrogens (primary N) is 1. The molecule has 3 N–H and O–H groups in total. The van der Waals surface area contributed by atoms with Gasteiger partial charge in [-0.1, -0.05) is 12.1 Å². The molecule has 1 unspecified atom stereocenters. The molecule has 1 aromatic heterocycles. The SMILES string of the molecule is Nc1nc2ccccc2c2c1N=C[NH+]2[O-]. The number of nitrogen functional groups attached to an aromatic ring is 1. The monoisotopic (exact) mass is 200 g/mol. The molecular weight excluding hydrogens is 192 g/mol. The van der Waals surface area contributed by atoms with Crippen molar-refractivity contribution >= 4 is 34.4 Å².